The van der Waals surface area contributed by atoms with Gasteiger partial charge in [0.2, 0.25) is 0 Å². The molecule has 0 aromatic heterocycles. The van der Waals surface area contributed by atoms with Gasteiger partial charge in [0, 0.05) is 0 Å². The summed E-state index contributed by atoms with van der Waals surface area (Å²) in [5, 5.41) is 0. The first-order chi connectivity index (χ1) is 6.02. The van der Waals surface area contributed by atoms with Gasteiger partial charge in [0.05, 0.1) is 5.56 Å². The molecule has 68 valence electrons. The molecule has 1 aromatic carbocycles. The number of fused-ring (bicyclic) bond motifs is 1. The molecule has 2 nitrogen and oxygen atoms in total. The van der Waals surface area contributed by atoms with Crippen molar-refractivity contribution in [3.8, 4) is 0 Å². The van der Waals surface area contributed by atoms with Crippen LogP contribution in [0.25, 0.3) is 0 Å². The van der Waals surface area contributed by atoms with Crippen molar-refractivity contribution in [2.24, 2.45) is 0 Å². The van der Waals surface area contributed by atoms with Gasteiger partial charge in [0.15, 0.2) is 0 Å². The molecule has 0 atom stereocenters. The summed E-state index contributed by atoms with van der Waals surface area (Å²) in [7, 11) is 0. The third-order valence-electron chi connectivity index (χ3n) is 1.75. The van der Waals surface area contributed by atoms with Gasteiger partial charge in [0.25, 0.3) is 0 Å². The minimum absolute atomic E-state index is 0.412. The van der Waals surface area contributed by atoms with Crippen LogP contribution in [0.1, 0.15) is 15.9 Å². The number of carbonyl (C=O) groups is 1. The first-order valence-electron chi connectivity index (χ1n) is 3.42. The topological polar surface area (TPSA) is 26.3 Å². The summed E-state index contributed by atoms with van der Waals surface area (Å²) in [6.45, 7) is 0. The van der Waals surface area contributed by atoms with Gasteiger partial charge in [-0.1, -0.05) is 6.07 Å². The Kier molecular flexibility index (Phi) is 1.40. The monoisotopic (exact) mass is 188 g/mol. The Morgan fingerprint density at radius 2 is 2.00 bits per heavy atom. The Labute approximate surface area is 70.9 Å². The van der Waals surface area contributed by atoms with Gasteiger partial charge in [-0.05, 0) is 12.1 Å². The SMILES string of the molecule is O=C1OC(F)(F)c2c(F)cccc21. The maximum absolute atomic E-state index is 12.8. The highest BCUT2D eigenvalue weighted by Crippen LogP contribution is 2.40. The maximum Gasteiger partial charge on any atom is 0.432 e. The molecule has 0 radical (unpaired) electrons. The zero-order chi connectivity index (χ0) is 9.64. The van der Waals surface area contributed by atoms with E-state index < -0.39 is 29.0 Å². The van der Waals surface area contributed by atoms with E-state index in [2.05, 4.69) is 4.74 Å². The third kappa shape index (κ3) is 0.998. The van der Waals surface area contributed by atoms with Gasteiger partial charge in [-0.2, -0.15) is 8.78 Å². The molecule has 0 spiro atoms. The van der Waals surface area contributed by atoms with E-state index >= 15 is 0 Å². The van der Waals surface area contributed by atoms with Crippen molar-refractivity contribution in [2.75, 3.05) is 0 Å². The molecule has 1 aromatic rings. The van der Waals surface area contributed by atoms with Crippen molar-refractivity contribution >= 4 is 5.97 Å². The molecule has 1 aliphatic heterocycles. The lowest BCUT2D eigenvalue weighted by atomic mass is 10.1. The molecule has 0 unspecified atom stereocenters. The molecule has 0 aliphatic carbocycles. The largest absolute Gasteiger partial charge is 0.432 e. The number of ether oxygens (including phenoxy) is 1. The lowest BCUT2D eigenvalue weighted by Gasteiger charge is -2.07. The lowest BCUT2D eigenvalue weighted by Crippen LogP contribution is -2.13. The van der Waals surface area contributed by atoms with Crippen molar-refractivity contribution in [1.29, 1.82) is 0 Å². The number of halogens is 3. The van der Waals surface area contributed by atoms with Crippen LogP contribution in [-0.4, -0.2) is 5.97 Å². The highest BCUT2D eigenvalue weighted by Gasteiger charge is 2.49. The summed E-state index contributed by atoms with van der Waals surface area (Å²) in [6, 6.07) is 3.13. The Bertz CT molecular complexity index is 387. The van der Waals surface area contributed by atoms with Crippen molar-refractivity contribution in [1.82, 2.24) is 0 Å². The van der Waals surface area contributed by atoms with E-state index in [1.54, 1.807) is 0 Å². The Hall–Kier alpha value is -1.52. The lowest BCUT2D eigenvalue weighted by molar-refractivity contribution is -0.201. The zero-order valence-corrected chi connectivity index (χ0v) is 6.18. The van der Waals surface area contributed by atoms with Crippen LogP contribution in [0, 0.1) is 5.82 Å². The molecular weight excluding hydrogens is 185 g/mol. The minimum atomic E-state index is -3.84. The van der Waals surface area contributed by atoms with E-state index in [0.29, 0.717) is 0 Å². The summed E-state index contributed by atoms with van der Waals surface area (Å²) >= 11 is 0. The molecular formula is C8H3F3O2. The van der Waals surface area contributed by atoms with Gasteiger partial charge < -0.3 is 4.74 Å². The van der Waals surface area contributed by atoms with E-state index in [4.69, 9.17) is 0 Å². The quantitative estimate of drug-likeness (QED) is 0.582. The molecule has 0 bridgehead atoms. The molecule has 0 amide bonds. The van der Waals surface area contributed by atoms with Crippen molar-refractivity contribution in [3.05, 3.63) is 35.1 Å². The van der Waals surface area contributed by atoms with Gasteiger partial charge in [-0.3, -0.25) is 0 Å². The van der Waals surface area contributed by atoms with E-state index in [0.717, 1.165) is 12.1 Å². The fourth-order valence-corrected chi connectivity index (χ4v) is 1.21. The standard InChI is InChI=1S/C8H3F3O2/c9-5-3-1-2-4-6(5)8(10,11)13-7(4)12/h1-3H. The highest BCUT2D eigenvalue weighted by atomic mass is 19.3. The number of alkyl halides is 2. The smallest absolute Gasteiger partial charge is 0.393 e. The molecule has 0 saturated heterocycles. The second kappa shape index (κ2) is 2.25. The van der Waals surface area contributed by atoms with Crippen LogP contribution in [0.5, 0.6) is 0 Å². The van der Waals surface area contributed by atoms with Crippen LogP contribution in [0.15, 0.2) is 18.2 Å². The van der Waals surface area contributed by atoms with Crippen LogP contribution in [0.3, 0.4) is 0 Å². The van der Waals surface area contributed by atoms with E-state index in [1.807, 2.05) is 0 Å². The number of hydrogen-bond acceptors (Lipinski definition) is 2. The molecule has 0 N–H and O–H groups in total. The number of cyclic esters (lactones) is 1. The second-order valence-corrected chi connectivity index (χ2v) is 2.57. The summed E-state index contributed by atoms with van der Waals surface area (Å²) in [6.07, 6.45) is -3.84. The summed E-state index contributed by atoms with van der Waals surface area (Å²) in [5.74, 6) is -2.33. The first kappa shape index (κ1) is 8.10. The molecule has 0 fully saturated rings. The molecule has 0 saturated carbocycles. The molecule has 1 heterocycles. The Balaban J connectivity index is 2.73. The number of rotatable bonds is 0. The van der Waals surface area contributed by atoms with Crippen LogP contribution in [0.4, 0.5) is 13.2 Å². The second-order valence-electron chi connectivity index (χ2n) is 2.57. The average molecular weight is 188 g/mol. The zero-order valence-electron chi connectivity index (χ0n) is 6.18. The van der Waals surface area contributed by atoms with Gasteiger partial charge in [-0.25, -0.2) is 9.18 Å². The van der Waals surface area contributed by atoms with E-state index in [-0.39, 0.29) is 0 Å². The first-order valence-corrected chi connectivity index (χ1v) is 3.42. The number of carbonyl (C=O) groups excluding carboxylic acids is 1. The summed E-state index contributed by atoms with van der Waals surface area (Å²) in [4.78, 5) is 10.8. The Morgan fingerprint density at radius 1 is 1.31 bits per heavy atom. The fourth-order valence-electron chi connectivity index (χ4n) is 1.21. The van der Waals surface area contributed by atoms with Crippen molar-refractivity contribution in [3.63, 3.8) is 0 Å². The van der Waals surface area contributed by atoms with Gasteiger partial charge in [0.1, 0.15) is 11.4 Å². The molecule has 13 heavy (non-hydrogen) atoms. The highest BCUT2D eigenvalue weighted by molar-refractivity contribution is 5.94. The Morgan fingerprint density at radius 3 is 2.62 bits per heavy atom. The van der Waals surface area contributed by atoms with Crippen LogP contribution < -0.4 is 0 Å². The fraction of sp³-hybridized carbons (Fsp3) is 0.125. The molecule has 1 aliphatic rings. The number of hydrogen-bond donors (Lipinski definition) is 0. The minimum Gasteiger partial charge on any atom is -0.393 e. The maximum atomic E-state index is 12.8. The summed E-state index contributed by atoms with van der Waals surface area (Å²) in [5.41, 5.74) is -1.38. The third-order valence-corrected chi connectivity index (χ3v) is 1.75. The molecule has 2 rings (SSSR count). The van der Waals surface area contributed by atoms with Crippen LogP contribution >= 0.6 is 0 Å². The van der Waals surface area contributed by atoms with E-state index in [9.17, 15) is 18.0 Å². The van der Waals surface area contributed by atoms with Gasteiger partial charge in [-0.15, -0.1) is 0 Å². The average Bonchev–Trinajstić information content (AvgIpc) is 2.24. The van der Waals surface area contributed by atoms with Gasteiger partial charge >= 0.3 is 12.1 Å². The van der Waals surface area contributed by atoms with Crippen molar-refractivity contribution in [2.45, 2.75) is 6.11 Å². The van der Waals surface area contributed by atoms with Crippen LogP contribution in [0.2, 0.25) is 0 Å². The number of esters is 1. The number of benzene rings is 1. The van der Waals surface area contributed by atoms with Crippen LogP contribution in [-0.2, 0) is 10.8 Å². The predicted molar refractivity (Wildman–Crippen MR) is 35.7 cm³/mol. The van der Waals surface area contributed by atoms with Crippen molar-refractivity contribution < 1.29 is 22.7 Å². The molecule has 5 heteroatoms. The summed E-state index contributed by atoms with van der Waals surface area (Å²) < 4.78 is 42.1. The normalized spacial score (nSPS) is 18.2. The van der Waals surface area contributed by atoms with E-state index in [1.165, 1.54) is 6.07 Å². The predicted octanol–water partition coefficient (Wildman–Crippen LogP) is 2.05.